The van der Waals surface area contributed by atoms with Crippen molar-refractivity contribution in [3.8, 4) is 0 Å². The molecule has 82 valence electrons. The molecule has 0 aliphatic carbocycles. The van der Waals surface area contributed by atoms with E-state index in [0.29, 0.717) is 19.8 Å². The number of nitrogens with one attached hydrogen (secondary N) is 1. The second-order valence-electron chi connectivity index (χ2n) is 3.63. The molecule has 1 spiro atoms. The Morgan fingerprint density at radius 2 is 1.60 bits per heavy atom. The molecule has 0 aromatic heterocycles. The molecule has 2 heterocycles. The van der Waals surface area contributed by atoms with Crippen LogP contribution in [0, 0.1) is 0 Å². The fourth-order valence-corrected chi connectivity index (χ4v) is 5.63. The Balaban J connectivity index is 2.12. The van der Waals surface area contributed by atoms with Gasteiger partial charge in [0.25, 0.3) is 0 Å². The third-order valence-corrected chi connectivity index (χ3v) is 6.66. The predicted octanol–water partition coefficient (Wildman–Crippen LogP) is 1.19. The van der Waals surface area contributed by atoms with Crippen LogP contribution in [0.2, 0.25) is 0 Å². The molecule has 0 radical (unpaired) electrons. The van der Waals surface area contributed by atoms with Gasteiger partial charge in [-0.2, -0.15) is 0 Å². The number of hydrogen-bond donors (Lipinski definition) is 1. The molecule has 15 heavy (non-hydrogen) atoms. The van der Waals surface area contributed by atoms with Crippen molar-refractivity contribution in [1.82, 2.24) is 5.09 Å². The predicted molar refractivity (Wildman–Crippen MR) is 58.9 cm³/mol. The van der Waals surface area contributed by atoms with E-state index in [9.17, 15) is 0 Å². The quantitative estimate of drug-likeness (QED) is 0.731. The summed E-state index contributed by atoms with van der Waals surface area (Å²) in [6.07, 6.45) is 0. The van der Waals surface area contributed by atoms with Crippen molar-refractivity contribution in [3.63, 3.8) is 0 Å². The molecule has 2 fully saturated rings. The van der Waals surface area contributed by atoms with Crippen LogP contribution in [0.15, 0.2) is 30.3 Å². The van der Waals surface area contributed by atoms with Gasteiger partial charge in [-0.05, 0) is 0 Å². The zero-order valence-corrected chi connectivity index (χ0v) is 9.28. The average molecular weight is 227 g/mol. The van der Waals surface area contributed by atoms with Crippen molar-refractivity contribution in [2.45, 2.75) is 0 Å². The van der Waals surface area contributed by atoms with Gasteiger partial charge in [-0.3, -0.25) is 0 Å². The van der Waals surface area contributed by atoms with Crippen LogP contribution in [-0.4, -0.2) is 26.4 Å². The third kappa shape index (κ3) is 1.27. The Hall–Kier alpha value is -0.510. The van der Waals surface area contributed by atoms with Gasteiger partial charge in [0.05, 0.1) is 0 Å². The van der Waals surface area contributed by atoms with Crippen LogP contribution in [0.25, 0.3) is 0 Å². The van der Waals surface area contributed by atoms with E-state index >= 15 is 0 Å². The van der Waals surface area contributed by atoms with Crippen molar-refractivity contribution in [2.24, 2.45) is 0 Å². The summed E-state index contributed by atoms with van der Waals surface area (Å²) in [5, 5.41) is 4.32. The summed E-state index contributed by atoms with van der Waals surface area (Å²) in [7, 11) is -3.12. The maximum absolute atomic E-state index is 5.85. The van der Waals surface area contributed by atoms with E-state index in [1.165, 1.54) is 0 Å². The summed E-state index contributed by atoms with van der Waals surface area (Å²) in [5.74, 6) is 0. The molecule has 1 aromatic carbocycles. The van der Waals surface area contributed by atoms with E-state index in [0.717, 1.165) is 11.8 Å². The first-order chi connectivity index (χ1) is 7.34. The SMILES string of the molecule is c1ccc(P23(NCCO2)OCCO3)cc1. The fourth-order valence-electron chi connectivity index (χ4n) is 2.10. The standard InChI is InChI=1S/C10H14NO3P/c1-2-4-10(5-3-1)15(11-6-7-12-15)13-8-9-14-15/h1-5,11H,6-9H2. The Morgan fingerprint density at radius 3 is 2.20 bits per heavy atom. The Labute approximate surface area is 88.8 Å². The summed E-state index contributed by atoms with van der Waals surface area (Å²) in [5.41, 5.74) is 0. The van der Waals surface area contributed by atoms with Gasteiger partial charge >= 0.3 is 88.1 Å². The van der Waals surface area contributed by atoms with E-state index in [2.05, 4.69) is 5.09 Å². The second kappa shape index (κ2) is 3.24. The summed E-state index contributed by atoms with van der Waals surface area (Å²) in [6.45, 7) is 2.62. The van der Waals surface area contributed by atoms with Gasteiger partial charge in [0.15, 0.2) is 0 Å². The average Bonchev–Trinajstić information content (AvgIpc) is 2.92. The number of benzene rings is 1. The topological polar surface area (TPSA) is 39.7 Å². The van der Waals surface area contributed by atoms with Crippen LogP contribution >= 0.6 is 7.43 Å². The molecule has 0 atom stereocenters. The van der Waals surface area contributed by atoms with Crippen LogP contribution in [0.3, 0.4) is 0 Å². The summed E-state index contributed by atoms with van der Waals surface area (Å²) in [6, 6.07) is 9.93. The van der Waals surface area contributed by atoms with Crippen molar-refractivity contribution >= 4 is 12.7 Å². The van der Waals surface area contributed by atoms with Crippen LogP contribution in [-0.2, 0) is 13.6 Å². The van der Waals surface area contributed by atoms with Crippen molar-refractivity contribution in [1.29, 1.82) is 0 Å². The molecular weight excluding hydrogens is 213 g/mol. The molecule has 4 nitrogen and oxygen atoms in total. The molecule has 0 unspecified atom stereocenters. The third-order valence-electron chi connectivity index (χ3n) is 2.75. The first-order valence-electron chi connectivity index (χ1n) is 5.13. The van der Waals surface area contributed by atoms with Gasteiger partial charge in [0.1, 0.15) is 0 Å². The van der Waals surface area contributed by atoms with E-state index < -0.39 is 7.43 Å². The Bertz CT molecular complexity index is 335. The zero-order valence-electron chi connectivity index (χ0n) is 8.39. The molecule has 2 aliphatic heterocycles. The molecule has 2 saturated heterocycles. The first-order valence-corrected chi connectivity index (χ1v) is 7.12. The number of rotatable bonds is 1. The van der Waals surface area contributed by atoms with Crippen LogP contribution in [0.4, 0.5) is 0 Å². The fraction of sp³-hybridized carbons (Fsp3) is 0.400. The normalized spacial score (nSPS) is 30.0. The van der Waals surface area contributed by atoms with Crippen LogP contribution in [0.5, 0.6) is 0 Å². The molecule has 0 amide bonds. The van der Waals surface area contributed by atoms with Crippen LogP contribution in [0.1, 0.15) is 0 Å². The van der Waals surface area contributed by atoms with E-state index in [1.807, 2.05) is 30.3 Å². The van der Waals surface area contributed by atoms with Crippen LogP contribution < -0.4 is 10.4 Å². The Morgan fingerprint density at radius 1 is 0.933 bits per heavy atom. The summed E-state index contributed by atoms with van der Waals surface area (Å²) >= 11 is 0. The molecule has 1 N–H and O–H groups in total. The van der Waals surface area contributed by atoms with E-state index in [1.54, 1.807) is 0 Å². The van der Waals surface area contributed by atoms with Gasteiger partial charge in [0.2, 0.25) is 0 Å². The van der Waals surface area contributed by atoms with Crippen molar-refractivity contribution in [2.75, 3.05) is 26.4 Å². The second-order valence-corrected chi connectivity index (χ2v) is 7.00. The molecule has 2 aliphatic rings. The zero-order chi connectivity index (χ0) is 10.2. The molecule has 5 heteroatoms. The molecule has 1 aromatic rings. The molecule has 3 rings (SSSR count). The van der Waals surface area contributed by atoms with Gasteiger partial charge < -0.3 is 0 Å². The summed E-state index contributed by atoms with van der Waals surface area (Å²) < 4.78 is 17.6. The molecular formula is C10H14NO3P. The minimum absolute atomic E-state index is 0.597. The van der Waals surface area contributed by atoms with Gasteiger partial charge in [-0.1, -0.05) is 0 Å². The first kappa shape index (κ1) is 9.70. The monoisotopic (exact) mass is 227 g/mol. The van der Waals surface area contributed by atoms with Crippen molar-refractivity contribution in [3.05, 3.63) is 30.3 Å². The van der Waals surface area contributed by atoms with Crippen molar-refractivity contribution < 1.29 is 13.6 Å². The van der Waals surface area contributed by atoms with Gasteiger partial charge in [-0.25, -0.2) is 0 Å². The summed E-state index contributed by atoms with van der Waals surface area (Å²) in [4.78, 5) is 0. The van der Waals surface area contributed by atoms with E-state index in [-0.39, 0.29) is 0 Å². The Kier molecular flexibility index (Phi) is 2.09. The molecule has 0 bridgehead atoms. The van der Waals surface area contributed by atoms with Gasteiger partial charge in [-0.15, -0.1) is 0 Å². The maximum atomic E-state index is 5.85. The molecule has 0 saturated carbocycles. The minimum atomic E-state index is -3.12. The number of hydrogen-bond acceptors (Lipinski definition) is 4. The van der Waals surface area contributed by atoms with E-state index in [4.69, 9.17) is 13.6 Å². The van der Waals surface area contributed by atoms with Gasteiger partial charge in [0, 0.05) is 0 Å².